The van der Waals surface area contributed by atoms with Gasteiger partial charge in [0.15, 0.2) is 0 Å². The molecule has 0 saturated carbocycles. The van der Waals surface area contributed by atoms with Crippen molar-refractivity contribution in [3.63, 3.8) is 0 Å². The number of rotatable bonds is 5. The monoisotopic (exact) mass is 368 g/mol. The van der Waals surface area contributed by atoms with Gasteiger partial charge >= 0.3 is 5.97 Å². The molecule has 0 saturated heterocycles. The molecule has 3 rings (SSSR count). The number of aliphatic carboxylic acids is 1. The number of amides is 1. The van der Waals surface area contributed by atoms with Gasteiger partial charge in [-0.2, -0.15) is 0 Å². The zero-order chi connectivity index (χ0) is 18.8. The van der Waals surface area contributed by atoms with Crippen LogP contribution in [-0.2, 0) is 16.1 Å². The maximum Gasteiger partial charge on any atom is 0.323 e. The summed E-state index contributed by atoms with van der Waals surface area (Å²) in [6, 6.07) is 13.6. The molecule has 0 aliphatic rings. The number of nitrogens with zero attached hydrogens (tertiary/aromatic N) is 1. The summed E-state index contributed by atoms with van der Waals surface area (Å²) in [6.07, 6.45) is 0. The molecule has 0 spiro atoms. The summed E-state index contributed by atoms with van der Waals surface area (Å²) < 4.78 is 1.78. The summed E-state index contributed by atoms with van der Waals surface area (Å²) in [4.78, 5) is 25.0. The Kier molecular flexibility index (Phi) is 5.04. The van der Waals surface area contributed by atoms with Crippen LogP contribution in [-0.4, -0.2) is 21.6 Å². The third-order valence-corrected chi connectivity index (χ3v) is 5.59. The number of aromatic nitrogens is 1. The highest BCUT2D eigenvalue weighted by molar-refractivity contribution is 7.99. The standard InChI is InChI=1S/C20H20N2O3S/c1-12-7-4-5-10-17(12)26-20-13(2)22(11-18(24)25)16-9-6-8-15(19(16)20)21-14(3)23/h4-10H,11H2,1-3H3,(H,21,23)(H,24,25). The fourth-order valence-corrected chi connectivity index (χ4v) is 4.20. The Morgan fingerprint density at radius 1 is 1.12 bits per heavy atom. The summed E-state index contributed by atoms with van der Waals surface area (Å²) in [7, 11) is 0. The molecule has 0 unspecified atom stereocenters. The molecule has 6 heteroatoms. The SMILES string of the molecule is CC(=O)Nc1cccc2c1c(Sc1ccccc1C)c(C)n2CC(=O)O. The first-order valence-electron chi connectivity index (χ1n) is 8.23. The van der Waals surface area contributed by atoms with E-state index in [9.17, 15) is 14.7 Å². The lowest BCUT2D eigenvalue weighted by atomic mass is 10.2. The summed E-state index contributed by atoms with van der Waals surface area (Å²) in [5.41, 5.74) is 3.51. The maximum atomic E-state index is 11.6. The topological polar surface area (TPSA) is 71.3 Å². The van der Waals surface area contributed by atoms with Crippen LogP contribution >= 0.6 is 11.8 Å². The summed E-state index contributed by atoms with van der Waals surface area (Å²) in [6.45, 7) is 5.30. The van der Waals surface area contributed by atoms with E-state index in [1.54, 1.807) is 16.3 Å². The molecule has 2 N–H and O–H groups in total. The molecule has 1 aromatic heterocycles. The van der Waals surface area contributed by atoms with Gasteiger partial charge in [-0.1, -0.05) is 36.0 Å². The number of anilines is 1. The quantitative estimate of drug-likeness (QED) is 0.698. The predicted molar refractivity (Wildman–Crippen MR) is 104 cm³/mol. The molecule has 0 aliphatic heterocycles. The van der Waals surface area contributed by atoms with Crippen LogP contribution < -0.4 is 5.32 Å². The van der Waals surface area contributed by atoms with Crippen LogP contribution in [0.5, 0.6) is 0 Å². The molecule has 134 valence electrons. The molecule has 0 aliphatic carbocycles. The van der Waals surface area contributed by atoms with Crippen LogP contribution in [0.3, 0.4) is 0 Å². The number of hydrogen-bond donors (Lipinski definition) is 2. The summed E-state index contributed by atoms with van der Waals surface area (Å²) >= 11 is 1.59. The van der Waals surface area contributed by atoms with Crippen molar-refractivity contribution in [2.45, 2.75) is 37.1 Å². The number of nitrogens with one attached hydrogen (secondary N) is 1. The fraction of sp³-hybridized carbons (Fsp3) is 0.200. The van der Waals surface area contributed by atoms with E-state index < -0.39 is 5.97 Å². The summed E-state index contributed by atoms with van der Waals surface area (Å²) in [5.74, 6) is -1.06. The van der Waals surface area contributed by atoms with E-state index in [0.29, 0.717) is 5.69 Å². The normalized spacial score (nSPS) is 10.9. The first-order chi connectivity index (χ1) is 12.4. The van der Waals surface area contributed by atoms with E-state index in [4.69, 9.17) is 0 Å². The minimum Gasteiger partial charge on any atom is -0.480 e. The highest BCUT2D eigenvalue weighted by Gasteiger charge is 2.20. The van der Waals surface area contributed by atoms with E-state index in [1.165, 1.54) is 6.92 Å². The predicted octanol–water partition coefficient (Wildman–Crippen LogP) is 4.45. The minimum atomic E-state index is -0.901. The second-order valence-corrected chi connectivity index (χ2v) is 7.20. The highest BCUT2D eigenvalue weighted by Crippen LogP contribution is 2.42. The largest absolute Gasteiger partial charge is 0.480 e. The Hall–Kier alpha value is -2.73. The number of fused-ring (bicyclic) bond motifs is 1. The third-order valence-electron chi connectivity index (χ3n) is 4.20. The zero-order valence-electron chi connectivity index (χ0n) is 14.9. The molecule has 5 nitrogen and oxygen atoms in total. The van der Waals surface area contributed by atoms with Crippen LogP contribution in [0.4, 0.5) is 5.69 Å². The number of carbonyl (C=O) groups excluding carboxylic acids is 1. The minimum absolute atomic E-state index is 0.125. The van der Waals surface area contributed by atoms with E-state index >= 15 is 0 Å². The second-order valence-electron chi connectivity index (χ2n) is 6.14. The van der Waals surface area contributed by atoms with Gasteiger partial charge in [-0.15, -0.1) is 0 Å². The zero-order valence-corrected chi connectivity index (χ0v) is 15.7. The molecular weight excluding hydrogens is 348 g/mol. The van der Waals surface area contributed by atoms with Crippen molar-refractivity contribution in [2.75, 3.05) is 5.32 Å². The Bertz CT molecular complexity index is 1010. The number of carbonyl (C=O) groups is 2. The van der Waals surface area contributed by atoms with Gasteiger partial charge in [0.25, 0.3) is 0 Å². The fourth-order valence-electron chi connectivity index (χ4n) is 3.03. The van der Waals surface area contributed by atoms with Gasteiger partial charge in [0, 0.05) is 27.8 Å². The Morgan fingerprint density at radius 2 is 1.85 bits per heavy atom. The molecule has 1 heterocycles. The van der Waals surface area contributed by atoms with Gasteiger partial charge in [0.05, 0.1) is 11.2 Å². The lowest BCUT2D eigenvalue weighted by Crippen LogP contribution is -2.10. The van der Waals surface area contributed by atoms with Crippen LogP contribution in [0.15, 0.2) is 52.3 Å². The molecule has 3 aromatic rings. The van der Waals surface area contributed by atoms with Crippen molar-refractivity contribution in [2.24, 2.45) is 0 Å². The number of aryl methyl sites for hydroxylation is 1. The Balaban J connectivity index is 2.25. The molecular formula is C20H20N2O3S. The highest BCUT2D eigenvalue weighted by atomic mass is 32.2. The number of carboxylic acid groups (broad SMARTS) is 1. The number of hydrogen-bond acceptors (Lipinski definition) is 3. The van der Waals surface area contributed by atoms with Gasteiger partial charge in [-0.25, -0.2) is 0 Å². The van der Waals surface area contributed by atoms with Crippen molar-refractivity contribution in [3.8, 4) is 0 Å². The van der Waals surface area contributed by atoms with Gasteiger partial charge < -0.3 is 15.0 Å². The Labute approximate surface area is 156 Å². The van der Waals surface area contributed by atoms with Crippen molar-refractivity contribution in [3.05, 3.63) is 53.7 Å². The van der Waals surface area contributed by atoms with E-state index in [0.717, 1.165) is 32.0 Å². The first-order valence-corrected chi connectivity index (χ1v) is 9.04. The Morgan fingerprint density at radius 3 is 2.50 bits per heavy atom. The lowest BCUT2D eigenvalue weighted by Gasteiger charge is -2.08. The lowest BCUT2D eigenvalue weighted by molar-refractivity contribution is -0.137. The average Bonchev–Trinajstić information content (AvgIpc) is 2.82. The van der Waals surface area contributed by atoms with Gasteiger partial charge in [0.1, 0.15) is 6.54 Å². The van der Waals surface area contributed by atoms with Crippen LogP contribution in [0.25, 0.3) is 10.9 Å². The maximum absolute atomic E-state index is 11.6. The van der Waals surface area contributed by atoms with E-state index in [-0.39, 0.29) is 12.5 Å². The molecule has 0 fully saturated rings. The van der Waals surface area contributed by atoms with Crippen molar-refractivity contribution in [1.82, 2.24) is 4.57 Å². The molecule has 26 heavy (non-hydrogen) atoms. The molecule has 0 bridgehead atoms. The second kappa shape index (κ2) is 7.25. The van der Waals surface area contributed by atoms with Crippen molar-refractivity contribution >= 4 is 40.2 Å². The molecule has 2 aromatic carbocycles. The molecule has 0 radical (unpaired) electrons. The van der Waals surface area contributed by atoms with Gasteiger partial charge in [-0.3, -0.25) is 9.59 Å². The third kappa shape index (κ3) is 3.46. The van der Waals surface area contributed by atoms with Crippen molar-refractivity contribution < 1.29 is 14.7 Å². The molecule has 1 amide bonds. The average molecular weight is 368 g/mol. The van der Waals surface area contributed by atoms with Crippen LogP contribution in [0.2, 0.25) is 0 Å². The van der Waals surface area contributed by atoms with Gasteiger partial charge in [-0.05, 0) is 37.6 Å². The van der Waals surface area contributed by atoms with Crippen molar-refractivity contribution in [1.29, 1.82) is 0 Å². The van der Waals surface area contributed by atoms with E-state index in [2.05, 4.69) is 5.32 Å². The number of benzene rings is 2. The molecule has 0 atom stereocenters. The van der Waals surface area contributed by atoms with Crippen LogP contribution in [0.1, 0.15) is 18.2 Å². The first kappa shape index (κ1) is 18.1. The summed E-state index contributed by atoms with van der Waals surface area (Å²) in [5, 5.41) is 13.1. The smallest absolute Gasteiger partial charge is 0.323 e. The van der Waals surface area contributed by atoms with E-state index in [1.807, 2.05) is 56.3 Å². The van der Waals surface area contributed by atoms with Crippen LogP contribution in [0, 0.1) is 13.8 Å². The number of carboxylic acids is 1. The van der Waals surface area contributed by atoms with Gasteiger partial charge in [0.2, 0.25) is 5.91 Å².